The quantitative estimate of drug-likeness (QED) is 0.679. The molecule has 0 radical (unpaired) electrons. The SMILES string of the molecule is CC(C)NCc1cccc(Oc2nnnn2-c2ccccc2)c1.[Cl-]. The zero-order valence-corrected chi connectivity index (χ0v) is 14.3. The standard InChI is InChI=1S/C17H19N5O.ClH/c1-13(2)18-12-14-7-6-10-16(11-14)23-17-19-20-21-22(17)15-8-4-3-5-9-15;/h3-11,13,18H,12H2,1-2H3;1H/p-1. The lowest BCUT2D eigenvalue weighted by Crippen LogP contribution is -3.00. The largest absolute Gasteiger partial charge is 1.00 e. The van der Waals surface area contributed by atoms with Crippen molar-refractivity contribution < 1.29 is 17.1 Å². The lowest BCUT2D eigenvalue weighted by molar-refractivity contribution is -0.00000571. The van der Waals surface area contributed by atoms with Crippen LogP contribution in [-0.4, -0.2) is 26.2 Å². The van der Waals surface area contributed by atoms with E-state index in [9.17, 15) is 0 Å². The van der Waals surface area contributed by atoms with Crippen LogP contribution in [0.5, 0.6) is 11.8 Å². The summed E-state index contributed by atoms with van der Waals surface area (Å²) in [5, 5.41) is 15.0. The molecule has 0 aliphatic heterocycles. The Morgan fingerprint density at radius 1 is 1.08 bits per heavy atom. The van der Waals surface area contributed by atoms with E-state index in [0.717, 1.165) is 17.8 Å². The van der Waals surface area contributed by atoms with Crippen LogP contribution in [0.3, 0.4) is 0 Å². The molecule has 1 N–H and O–H groups in total. The average molecular weight is 345 g/mol. The van der Waals surface area contributed by atoms with Crippen molar-refractivity contribution in [2.24, 2.45) is 0 Å². The van der Waals surface area contributed by atoms with E-state index in [1.807, 2.05) is 48.5 Å². The van der Waals surface area contributed by atoms with E-state index in [-0.39, 0.29) is 12.4 Å². The first-order valence-electron chi connectivity index (χ1n) is 7.56. The first-order chi connectivity index (χ1) is 11.2. The second kappa shape index (κ2) is 8.42. The number of benzene rings is 2. The highest BCUT2D eigenvalue weighted by atomic mass is 35.5. The van der Waals surface area contributed by atoms with E-state index in [1.54, 1.807) is 4.68 Å². The summed E-state index contributed by atoms with van der Waals surface area (Å²) in [4.78, 5) is 0. The normalized spacial score (nSPS) is 10.5. The van der Waals surface area contributed by atoms with Gasteiger partial charge in [-0.2, -0.15) is 4.68 Å². The minimum absolute atomic E-state index is 0. The Hall–Kier alpha value is -2.44. The molecule has 0 saturated carbocycles. The highest BCUT2D eigenvalue weighted by Gasteiger charge is 2.10. The van der Waals surface area contributed by atoms with Gasteiger partial charge in [0.15, 0.2) is 0 Å². The smallest absolute Gasteiger partial charge is 0.345 e. The monoisotopic (exact) mass is 344 g/mol. The summed E-state index contributed by atoms with van der Waals surface area (Å²) in [6.45, 7) is 5.03. The van der Waals surface area contributed by atoms with Gasteiger partial charge in [0.2, 0.25) is 0 Å². The van der Waals surface area contributed by atoms with Crippen LogP contribution in [0, 0.1) is 0 Å². The van der Waals surface area contributed by atoms with Crippen molar-refractivity contribution in [3.8, 4) is 17.4 Å². The molecule has 24 heavy (non-hydrogen) atoms. The molecule has 6 nitrogen and oxygen atoms in total. The van der Waals surface area contributed by atoms with Crippen LogP contribution in [0.25, 0.3) is 5.69 Å². The molecule has 3 aromatic rings. The maximum absolute atomic E-state index is 5.85. The maximum atomic E-state index is 5.85. The summed E-state index contributed by atoms with van der Waals surface area (Å²) in [7, 11) is 0. The molecular weight excluding hydrogens is 326 g/mol. The molecule has 0 spiro atoms. The first-order valence-corrected chi connectivity index (χ1v) is 7.56. The predicted octanol–water partition coefficient (Wildman–Crippen LogP) is -0.0434. The molecule has 7 heteroatoms. The molecule has 3 rings (SSSR count). The summed E-state index contributed by atoms with van der Waals surface area (Å²) >= 11 is 0. The zero-order valence-electron chi connectivity index (χ0n) is 13.6. The first kappa shape index (κ1) is 17.9. The molecular formula is C17H19ClN5O-. The number of para-hydroxylation sites is 1. The summed E-state index contributed by atoms with van der Waals surface area (Å²) in [6, 6.07) is 18.3. The van der Waals surface area contributed by atoms with Crippen molar-refractivity contribution in [1.82, 2.24) is 25.5 Å². The van der Waals surface area contributed by atoms with Gasteiger partial charge in [0, 0.05) is 12.6 Å². The number of halogens is 1. The number of hydrogen-bond donors (Lipinski definition) is 1. The molecule has 126 valence electrons. The summed E-state index contributed by atoms with van der Waals surface area (Å²) < 4.78 is 7.42. The average Bonchev–Trinajstić information content (AvgIpc) is 3.02. The molecule has 0 amide bonds. The van der Waals surface area contributed by atoms with Crippen molar-refractivity contribution in [2.45, 2.75) is 26.4 Å². The Labute approximate surface area is 147 Å². The van der Waals surface area contributed by atoms with Gasteiger partial charge < -0.3 is 22.5 Å². The molecule has 0 bridgehead atoms. The van der Waals surface area contributed by atoms with Crippen molar-refractivity contribution in [2.75, 3.05) is 0 Å². The Balaban J connectivity index is 0.00000208. The third-order valence-electron chi connectivity index (χ3n) is 3.26. The fraction of sp³-hybridized carbons (Fsp3) is 0.235. The Morgan fingerprint density at radius 2 is 1.88 bits per heavy atom. The van der Waals surface area contributed by atoms with E-state index in [4.69, 9.17) is 4.74 Å². The van der Waals surface area contributed by atoms with Crippen molar-refractivity contribution in [1.29, 1.82) is 0 Å². The Morgan fingerprint density at radius 3 is 2.62 bits per heavy atom. The second-order valence-corrected chi connectivity index (χ2v) is 5.49. The van der Waals surface area contributed by atoms with E-state index in [1.165, 1.54) is 0 Å². The van der Waals surface area contributed by atoms with Gasteiger partial charge in [0.1, 0.15) is 5.75 Å². The molecule has 1 heterocycles. The van der Waals surface area contributed by atoms with Crippen molar-refractivity contribution in [3.05, 3.63) is 60.2 Å². The van der Waals surface area contributed by atoms with Crippen LogP contribution in [0.15, 0.2) is 54.6 Å². The van der Waals surface area contributed by atoms with E-state index < -0.39 is 0 Å². The van der Waals surface area contributed by atoms with E-state index in [0.29, 0.717) is 17.8 Å². The Bertz CT molecular complexity index is 760. The van der Waals surface area contributed by atoms with Crippen LogP contribution in [0.2, 0.25) is 0 Å². The molecule has 0 aliphatic rings. The number of nitrogens with one attached hydrogen (secondary N) is 1. The highest BCUT2D eigenvalue weighted by Crippen LogP contribution is 2.22. The molecule has 2 aromatic carbocycles. The van der Waals surface area contributed by atoms with Gasteiger partial charge in [-0.3, -0.25) is 0 Å². The molecule has 1 aromatic heterocycles. The molecule has 0 atom stereocenters. The van der Waals surface area contributed by atoms with E-state index in [2.05, 4.69) is 40.8 Å². The summed E-state index contributed by atoms with van der Waals surface area (Å²) in [6.07, 6.45) is 0. The molecule has 0 saturated heterocycles. The van der Waals surface area contributed by atoms with E-state index >= 15 is 0 Å². The van der Waals surface area contributed by atoms with Gasteiger partial charge in [-0.15, -0.1) is 0 Å². The molecule has 0 unspecified atom stereocenters. The van der Waals surface area contributed by atoms with Gasteiger partial charge in [-0.05, 0) is 40.3 Å². The number of rotatable bonds is 6. The summed E-state index contributed by atoms with van der Waals surface area (Å²) in [5.74, 6) is 0.708. The van der Waals surface area contributed by atoms with Gasteiger partial charge in [0.05, 0.1) is 5.69 Å². The minimum atomic E-state index is 0. The Kier molecular flexibility index (Phi) is 6.28. The van der Waals surface area contributed by atoms with Crippen LogP contribution in [0.4, 0.5) is 0 Å². The van der Waals surface area contributed by atoms with Gasteiger partial charge >= 0.3 is 6.01 Å². The van der Waals surface area contributed by atoms with Crippen molar-refractivity contribution >= 4 is 0 Å². The van der Waals surface area contributed by atoms with Crippen LogP contribution in [-0.2, 0) is 6.54 Å². The fourth-order valence-corrected chi connectivity index (χ4v) is 2.12. The van der Waals surface area contributed by atoms with Gasteiger partial charge in [0.25, 0.3) is 0 Å². The number of ether oxygens (including phenoxy) is 1. The van der Waals surface area contributed by atoms with Gasteiger partial charge in [-0.1, -0.05) is 49.3 Å². The number of tetrazole rings is 1. The number of hydrogen-bond acceptors (Lipinski definition) is 5. The third-order valence-corrected chi connectivity index (χ3v) is 3.26. The third kappa shape index (κ3) is 4.53. The lowest BCUT2D eigenvalue weighted by Gasteiger charge is -2.10. The molecule has 0 aliphatic carbocycles. The fourth-order valence-electron chi connectivity index (χ4n) is 2.12. The maximum Gasteiger partial charge on any atom is 0.345 e. The zero-order chi connectivity index (χ0) is 16.1. The minimum Gasteiger partial charge on any atom is -1.00 e. The highest BCUT2D eigenvalue weighted by molar-refractivity contribution is 5.34. The number of aromatic nitrogens is 4. The van der Waals surface area contributed by atoms with Crippen molar-refractivity contribution in [3.63, 3.8) is 0 Å². The number of nitrogens with zero attached hydrogens (tertiary/aromatic N) is 4. The second-order valence-electron chi connectivity index (χ2n) is 5.49. The van der Waals surface area contributed by atoms with Crippen LogP contribution < -0.4 is 22.5 Å². The molecule has 0 fully saturated rings. The van der Waals surface area contributed by atoms with Gasteiger partial charge in [-0.25, -0.2) is 0 Å². The summed E-state index contributed by atoms with van der Waals surface area (Å²) in [5.41, 5.74) is 2.00. The topological polar surface area (TPSA) is 64.9 Å². The lowest BCUT2D eigenvalue weighted by atomic mass is 10.2. The predicted molar refractivity (Wildman–Crippen MR) is 87.6 cm³/mol. The van der Waals surface area contributed by atoms with Crippen LogP contribution in [0.1, 0.15) is 19.4 Å². The van der Waals surface area contributed by atoms with Crippen LogP contribution >= 0.6 is 0 Å².